The SMILES string of the molecule is O=C(CCc1nc2ccccc2o1)N1CCC[C@H](n2cccn2)C1. The Morgan fingerprint density at radius 2 is 2.21 bits per heavy atom. The average Bonchev–Trinajstić information content (AvgIpc) is 3.29. The van der Waals surface area contributed by atoms with Gasteiger partial charge in [0.05, 0.1) is 6.04 Å². The van der Waals surface area contributed by atoms with E-state index in [1.165, 1.54) is 0 Å². The molecule has 1 aromatic carbocycles. The molecule has 0 unspecified atom stereocenters. The van der Waals surface area contributed by atoms with Crippen molar-refractivity contribution in [3.8, 4) is 0 Å². The second kappa shape index (κ2) is 6.47. The van der Waals surface area contributed by atoms with Crippen molar-refractivity contribution in [3.63, 3.8) is 0 Å². The van der Waals surface area contributed by atoms with Crippen molar-refractivity contribution < 1.29 is 9.21 Å². The van der Waals surface area contributed by atoms with E-state index in [1.54, 1.807) is 6.20 Å². The van der Waals surface area contributed by atoms with Crippen molar-refractivity contribution in [2.75, 3.05) is 13.1 Å². The molecule has 0 N–H and O–H groups in total. The third-order valence-electron chi connectivity index (χ3n) is 4.54. The summed E-state index contributed by atoms with van der Waals surface area (Å²) in [6.07, 6.45) is 6.80. The molecule has 6 heteroatoms. The minimum Gasteiger partial charge on any atom is -0.441 e. The van der Waals surface area contributed by atoms with Crippen LogP contribution in [0.1, 0.15) is 31.2 Å². The lowest BCUT2D eigenvalue weighted by molar-refractivity contribution is -0.132. The highest BCUT2D eigenvalue weighted by atomic mass is 16.3. The molecule has 1 saturated heterocycles. The van der Waals surface area contributed by atoms with Crippen LogP contribution in [0.5, 0.6) is 0 Å². The van der Waals surface area contributed by atoms with E-state index in [1.807, 2.05) is 46.1 Å². The summed E-state index contributed by atoms with van der Waals surface area (Å²) in [5.41, 5.74) is 1.62. The lowest BCUT2D eigenvalue weighted by Gasteiger charge is -2.32. The Morgan fingerprint density at radius 3 is 3.04 bits per heavy atom. The number of carbonyl (C=O) groups excluding carboxylic acids is 1. The zero-order valence-corrected chi connectivity index (χ0v) is 13.5. The maximum Gasteiger partial charge on any atom is 0.223 e. The molecule has 0 bridgehead atoms. The fourth-order valence-electron chi connectivity index (χ4n) is 3.29. The van der Waals surface area contributed by atoms with Gasteiger partial charge in [-0.1, -0.05) is 12.1 Å². The van der Waals surface area contributed by atoms with Crippen LogP contribution in [-0.2, 0) is 11.2 Å². The number of rotatable bonds is 4. The third-order valence-corrected chi connectivity index (χ3v) is 4.54. The topological polar surface area (TPSA) is 64.2 Å². The molecule has 1 aliphatic heterocycles. The lowest BCUT2D eigenvalue weighted by Crippen LogP contribution is -2.40. The number of aryl methyl sites for hydroxylation is 1. The molecule has 1 atom stereocenters. The van der Waals surface area contributed by atoms with E-state index < -0.39 is 0 Å². The maximum atomic E-state index is 12.5. The first-order valence-corrected chi connectivity index (χ1v) is 8.41. The van der Waals surface area contributed by atoms with Crippen molar-refractivity contribution in [2.45, 2.75) is 31.7 Å². The van der Waals surface area contributed by atoms with Gasteiger partial charge in [0.15, 0.2) is 11.5 Å². The van der Waals surface area contributed by atoms with Crippen LogP contribution in [-0.4, -0.2) is 38.7 Å². The van der Waals surface area contributed by atoms with E-state index in [0.717, 1.165) is 37.0 Å². The molecule has 2 aromatic heterocycles. The van der Waals surface area contributed by atoms with Crippen LogP contribution in [0.3, 0.4) is 0 Å². The molecule has 6 nitrogen and oxygen atoms in total. The van der Waals surface area contributed by atoms with Gasteiger partial charge in [-0.2, -0.15) is 5.10 Å². The number of carbonyl (C=O) groups is 1. The van der Waals surface area contributed by atoms with Crippen LogP contribution in [0.15, 0.2) is 47.1 Å². The second-order valence-electron chi connectivity index (χ2n) is 6.20. The number of benzene rings is 1. The van der Waals surface area contributed by atoms with Gasteiger partial charge in [-0.15, -0.1) is 0 Å². The monoisotopic (exact) mass is 324 g/mol. The summed E-state index contributed by atoms with van der Waals surface area (Å²) in [5.74, 6) is 0.791. The molecule has 0 saturated carbocycles. The van der Waals surface area contributed by atoms with Crippen molar-refractivity contribution in [3.05, 3.63) is 48.6 Å². The van der Waals surface area contributed by atoms with Crippen LogP contribution in [0.4, 0.5) is 0 Å². The standard InChI is InChI=1S/C18H20N4O2/c23-18(9-8-17-20-15-6-1-2-7-16(15)24-17)21-11-3-5-14(13-21)22-12-4-10-19-22/h1-2,4,6-7,10,12,14H,3,5,8-9,11,13H2/t14-/m0/s1. The van der Waals surface area contributed by atoms with Crippen LogP contribution in [0.25, 0.3) is 11.1 Å². The number of nitrogens with zero attached hydrogens (tertiary/aromatic N) is 4. The van der Waals surface area contributed by atoms with Gasteiger partial charge in [-0.25, -0.2) is 4.98 Å². The Labute approximate surface area is 140 Å². The number of para-hydroxylation sites is 2. The predicted molar refractivity (Wildman–Crippen MR) is 89.4 cm³/mol. The molecule has 1 aliphatic rings. The summed E-state index contributed by atoms with van der Waals surface area (Å²) < 4.78 is 7.65. The first-order valence-electron chi connectivity index (χ1n) is 8.41. The van der Waals surface area contributed by atoms with Crippen LogP contribution < -0.4 is 0 Å². The number of piperidine rings is 1. The van der Waals surface area contributed by atoms with Crippen molar-refractivity contribution in [1.82, 2.24) is 19.7 Å². The Bertz CT molecular complexity index is 792. The Kier molecular flexibility index (Phi) is 4.02. The highest BCUT2D eigenvalue weighted by molar-refractivity contribution is 5.77. The normalized spacial score (nSPS) is 18.2. The number of hydrogen-bond donors (Lipinski definition) is 0. The molecule has 3 aromatic rings. The number of oxazole rings is 1. The lowest BCUT2D eigenvalue weighted by atomic mass is 10.1. The van der Waals surface area contributed by atoms with E-state index in [-0.39, 0.29) is 11.9 Å². The van der Waals surface area contributed by atoms with Gasteiger partial charge < -0.3 is 9.32 Å². The molecule has 4 rings (SSSR count). The van der Waals surface area contributed by atoms with Crippen molar-refractivity contribution >= 4 is 17.0 Å². The van der Waals surface area contributed by atoms with E-state index >= 15 is 0 Å². The largest absolute Gasteiger partial charge is 0.441 e. The Hall–Kier alpha value is -2.63. The van der Waals surface area contributed by atoms with E-state index in [4.69, 9.17) is 4.42 Å². The quantitative estimate of drug-likeness (QED) is 0.740. The molecule has 24 heavy (non-hydrogen) atoms. The van der Waals surface area contributed by atoms with E-state index in [2.05, 4.69) is 10.1 Å². The van der Waals surface area contributed by atoms with Crippen molar-refractivity contribution in [1.29, 1.82) is 0 Å². The van der Waals surface area contributed by atoms with Gasteiger partial charge in [0.25, 0.3) is 0 Å². The van der Waals surface area contributed by atoms with Gasteiger partial charge in [0.1, 0.15) is 5.52 Å². The second-order valence-corrected chi connectivity index (χ2v) is 6.20. The van der Waals surface area contributed by atoms with Gasteiger partial charge in [0, 0.05) is 38.3 Å². The first kappa shape index (κ1) is 14.9. The molecule has 1 fully saturated rings. The molecular formula is C18H20N4O2. The summed E-state index contributed by atoms with van der Waals surface area (Å²) in [5, 5.41) is 4.31. The summed E-state index contributed by atoms with van der Waals surface area (Å²) in [4.78, 5) is 18.9. The number of amides is 1. The number of likely N-dealkylation sites (tertiary alicyclic amines) is 1. The van der Waals surface area contributed by atoms with Crippen LogP contribution >= 0.6 is 0 Å². The number of hydrogen-bond acceptors (Lipinski definition) is 4. The van der Waals surface area contributed by atoms with Gasteiger partial charge in [-0.05, 0) is 31.0 Å². The zero-order chi connectivity index (χ0) is 16.4. The van der Waals surface area contributed by atoms with E-state index in [9.17, 15) is 4.79 Å². The fraction of sp³-hybridized carbons (Fsp3) is 0.389. The van der Waals surface area contributed by atoms with Gasteiger partial charge in [0.2, 0.25) is 5.91 Å². The summed E-state index contributed by atoms with van der Waals surface area (Å²) >= 11 is 0. The molecule has 1 amide bonds. The zero-order valence-electron chi connectivity index (χ0n) is 13.5. The molecule has 3 heterocycles. The van der Waals surface area contributed by atoms with Crippen molar-refractivity contribution in [2.24, 2.45) is 0 Å². The smallest absolute Gasteiger partial charge is 0.223 e. The van der Waals surface area contributed by atoms with Gasteiger partial charge >= 0.3 is 0 Å². The fourth-order valence-corrected chi connectivity index (χ4v) is 3.29. The highest BCUT2D eigenvalue weighted by Crippen LogP contribution is 2.22. The molecular weight excluding hydrogens is 304 g/mol. The third kappa shape index (κ3) is 3.04. The predicted octanol–water partition coefficient (Wildman–Crippen LogP) is 2.82. The summed E-state index contributed by atoms with van der Waals surface area (Å²) in [6, 6.07) is 9.88. The minimum absolute atomic E-state index is 0.161. The highest BCUT2D eigenvalue weighted by Gasteiger charge is 2.25. The Morgan fingerprint density at radius 1 is 1.29 bits per heavy atom. The molecule has 124 valence electrons. The number of aromatic nitrogens is 3. The summed E-state index contributed by atoms with van der Waals surface area (Å²) in [7, 11) is 0. The van der Waals surface area contributed by atoms with E-state index in [0.29, 0.717) is 18.7 Å². The summed E-state index contributed by atoms with van der Waals surface area (Å²) in [6.45, 7) is 1.55. The Balaban J connectivity index is 1.37. The first-order chi connectivity index (χ1) is 11.8. The van der Waals surface area contributed by atoms with Crippen LogP contribution in [0, 0.1) is 0 Å². The average molecular weight is 324 g/mol. The van der Waals surface area contributed by atoms with Gasteiger partial charge in [-0.3, -0.25) is 9.48 Å². The van der Waals surface area contributed by atoms with Crippen LogP contribution in [0.2, 0.25) is 0 Å². The molecule has 0 spiro atoms. The minimum atomic E-state index is 0.161. The molecule has 0 aliphatic carbocycles. The molecule has 0 radical (unpaired) electrons. The maximum absolute atomic E-state index is 12.5. The number of fused-ring (bicyclic) bond motifs is 1.